The first-order valence-corrected chi connectivity index (χ1v) is 2.78. The Balaban J connectivity index is 0.0000001000. The summed E-state index contributed by atoms with van der Waals surface area (Å²) < 4.78 is 0. The highest BCUT2D eigenvalue weighted by Crippen LogP contribution is 1.63. The number of imidazole rings is 1. The van der Waals surface area contributed by atoms with Gasteiger partial charge in [-0.05, 0) is 6.07 Å². The lowest BCUT2D eigenvalue weighted by Crippen LogP contribution is -1.54. The van der Waals surface area contributed by atoms with E-state index in [1.807, 2.05) is 0 Å². The summed E-state index contributed by atoms with van der Waals surface area (Å²) in [6, 6.07) is 1.71. The molecule has 4 nitrogen and oxygen atoms in total. The van der Waals surface area contributed by atoms with Crippen LogP contribution in [0.2, 0.25) is 0 Å². The van der Waals surface area contributed by atoms with Gasteiger partial charge >= 0.3 is 0 Å². The summed E-state index contributed by atoms with van der Waals surface area (Å²) in [6.45, 7) is 0. The largest absolute Gasteiger partial charge is 0.351 e. The van der Waals surface area contributed by atoms with E-state index in [-0.39, 0.29) is 0 Å². The molecule has 0 aromatic carbocycles. The number of rotatable bonds is 0. The number of nitrogens with zero attached hydrogens (tertiary/aromatic N) is 2. The van der Waals surface area contributed by atoms with Gasteiger partial charge in [0.05, 0.1) is 6.33 Å². The van der Waals surface area contributed by atoms with E-state index in [1.54, 1.807) is 31.0 Å². The lowest BCUT2D eigenvalue weighted by atomic mass is 10.8. The molecule has 4 heteroatoms. The third-order valence-corrected chi connectivity index (χ3v) is 0.767. The van der Waals surface area contributed by atoms with Gasteiger partial charge in [0.15, 0.2) is 0 Å². The SMILES string of the molecule is [c]1cc[nH]n1.c1c[nH]cn1. The van der Waals surface area contributed by atoms with E-state index in [0.717, 1.165) is 0 Å². The Labute approximate surface area is 58.3 Å². The van der Waals surface area contributed by atoms with Crippen LogP contribution in [0.5, 0.6) is 0 Å². The Morgan fingerprint density at radius 3 is 2.50 bits per heavy atom. The van der Waals surface area contributed by atoms with Gasteiger partial charge in [0.2, 0.25) is 0 Å². The van der Waals surface area contributed by atoms with Crippen molar-refractivity contribution in [3.05, 3.63) is 37.2 Å². The van der Waals surface area contributed by atoms with Crippen molar-refractivity contribution in [2.24, 2.45) is 0 Å². The molecule has 2 heterocycles. The topological polar surface area (TPSA) is 57.4 Å². The highest BCUT2D eigenvalue weighted by molar-refractivity contribution is 4.69. The van der Waals surface area contributed by atoms with Crippen LogP contribution < -0.4 is 0 Å². The fourth-order valence-corrected chi connectivity index (χ4v) is 0.402. The molecule has 0 saturated carbocycles. The predicted octanol–water partition coefficient (Wildman–Crippen LogP) is 0.620. The molecule has 0 saturated heterocycles. The molecule has 2 N–H and O–H groups in total. The van der Waals surface area contributed by atoms with Crippen molar-refractivity contribution in [1.82, 2.24) is 20.2 Å². The summed E-state index contributed by atoms with van der Waals surface area (Å²) in [5.74, 6) is 0. The third-order valence-electron chi connectivity index (χ3n) is 0.767. The summed E-state index contributed by atoms with van der Waals surface area (Å²) in [7, 11) is 0. The number of aromatic amines is 2. The Kier molecular flexibility index (Phi) is 2.82. The van der Waals surface area contributed by atoms with Crippen molar-refractivity contribution < 1.29 is 0 Å². The van der Waals surface area contributed by atoms with Gasteiger partial charge in [0.1, 0.15) is 6.20 Å². The average molecular weight is 135 g/mol. The Morgan fingerprint density at radius 2 is 2.30 bits per heavy atom. The molecule has 0 fully saturated rings. The molecule has 2 aromatic heterocycles. The smallest absolute Gasteiger partial charge is 0.112 e. The van der Waals surface area contributed by atoms with Crippen LogP contribution in [0.15, 0.2) is 31.0 Å². The van der Waals surface area contributed by atoms with Gasteiger partial charge in [-0.15, -0.1) is 0 Å². The Hall–Kier alpha value is -1.58. The minimum Gasteiger partial charge on any atom is -0.351 e. The second kappa shape index (κ2) is 4.31. The maximum absolute atomic E-state index is 3.67. The minimum absolute atomic E-state index is 1.62. The van der Waals surface area contributed by atoms with Crippen molar-refractivity contribution in [2.45, 2.75) is 0 Å². The summed E-state index contributed by atoms with van der Waals surface area (Å²) in [5, 5.41) is 6.03. The van der Waals surface area contributed by atoms with Gasteiger partial charge in [0.25, 0.3) is 0 Å². The first-order chi connectivity index (χ1) is 5.00. The Bertz CT molecular complexity index is 149. The molecule has 2 aromatic rings. The monoisotopic (exact) mass is 135 g/mol. The molecule has 10 heavy (non-hydrogen) atoms. The lowest BCUT2D eigenvalue weighted by molar-refractivity contribution is 1.08. The summed E-state index contributed by atoms with van der Waals surface area (Å²) >= 11 is 0. The molecular formula is C6H7N4. The molecule has 0 spiro atoms. The summed E-state index contributed by atoms with van der Waals surface area (Å²) in [5.41, 5.74) is 0. The maximum atomic E-state index is 3.67. The van der Waals surface area contributed by atoms with E-state index >= 15 is 0 Å². The van der Waals surface area contributed by atoms with E-state index < -0.39 is 0 Å². The fourth-order valence-electron chi connectivity index (χ4n) is 0.402. The molecule has 51 valence electrons. The fraction of sp³-hybridized carbons (Fsp3) is 0. The van der Waals surface area contributed by atoms with Gasteiger partial charge in [-0.2, -0.15) is 5.10 Å². The van der Waals surface area contributed by atoms with Gasteiger partial charge in [-0.3, -0.25) is 5.10 Å². The molecule has 2 rings (SSSR count). The minimum atomic E-state index is 1.62. The van der Waals surface area contributed by atoms with E-state index in [1.165, 1.54) is 0 Å². The molecule has 0 bridgehead atoms. The standard InChI is InChI=1S/C3H4N2.C3H3N2/c1-2-5-3-4-1;1-2-4-5-3-1/h1-3H,(H,4,5);1-2H,(H,4,5). The zero-order valence-electron chi connectivity index (χ0n) is 5.28. The highest BCUT2D eigenvalue weighted by Gasteiger charge is 1.58. The maximum Gasteiger partial charge on any atom is 0.112 e. The zero-order chi connectivity index (χ0) is 7.07. The van der Waals surface area contributed by atoms with Gasteiger partial charge in [-0.25, -0.2) is 4.98 Å². The van der Waals surface area contributed by atoms with E-state index in [2.05, 4.69) is 26.4 Å². The Morgan fingerprint density at radius 1 is 1.30 bits per heavy atom. The zero-order valence-corrected chi connectivity index (χ0v) is 5.28. The molecule has 0 amide bonds. The van der Waals surface area contributed by atoms with Crippen LogP contribution in [0.25, 0.3) is 0 Å². The van der Waals surface area contributed by atoms with Crippen LogP contribution in [-0.4, -0.2) is 20.2 Å². The van der Waals surface area contributed by atoms with Crippen molar-refractivity contribution in [3.8, 4) is 0 Å². The average Bonchev–Trinajstić information content (AvgIpc) is 2.67. The van der Waals surface area contributed by atoms with Crippen LogP contribution in [0, 0.1) is 6.20 Å². The van der Waals surface area contributed by atoms with Crippen LogP contribution in [0.3, 0.4) is 0 Å². The highest BCUT2D eigenvalue weighted by atomic mass is 15.1. The van der Waals surface area contributed by atoms with Gasteiger partial charge < -0.3 is 4.98 Å². The normalized spacial score (nSPS) is 8.00. The summed E-state index contributed by atoms with van der Waals surface area (Å²) in [4.78, 5) is 6.42. The van der Waals surface area contributed by atoms with Crippen LogP contribution >= 0.6 is 0 Å². The first kappa shape index (κ1) is 6.54. The molecule has 0 atom stereocenters. The summed E-state index contributed by atoms with van der Waals surface area (Å²) in [6.07, 6.45) is 9.35. The van der Waals surface area contributed by atoms with Crippen molar-refractivity contribution >= 4 is 0 Å². The van der Waals surface area contributed by atoms with Gasteiger partial charge in [-0.1, -0.05) is 0 Å². The van der Waals surface area contributed by atoms with Crippen LogP contribution in [0.1, 0.15) is 0 Å². The van der Waals surface area contributed by atoms with Crippen molar-refractivity contribution in [2.75, 3.05) is 0 Å². The van der Waals surface area contributed by atoms with Crippen molar-refractivity contribution in [1.29, 1.82) is 0 Å². The van der Waals surface area contributed by atoms with Crippen LogP contribution in [-0.2, 0) is 0 Å². The molecule has 0 unspecified atom stereocenters. The number of H-pyrrole nitrogens is 2. The first-order valence-electron chi connectivity index (χ1n) is 2.78. The second-order valence-electron chi connectivity index (χ2n) is 1.46. The predicted molar refractivity (Wildman–Crippen MR) is 36.0 cm³/mol. The lowest BCUT2D eigenvalue weighted by Gasteiger charge is -1.48. The van der Waals surface area contributed by atoms with Crippen LogP contribution in [0.4, 0.5) is 0 Å². The molecule has 0 aliphatic rings. The number of hydrogen-bond donors (Lipinski definition) is 2. The quantitative estimate of drug-likeness (QED) is 0.556. The molecule has 0 aliphatic heterocycles. The number of nitrogens with one attached hydrogen (secondary N) is 2. The van der Waals surface area contributed by atoms with E-state index in [0.29, 0.717) is 0 Å². The molecular weight excluding hydrogens is 128 g/mol. The third kappa shape index (κ3) is 2.66. The molecule has 0 aliphatic carbocycles. The van der Waals surface area contributed by atoms with E-state index in [9.17, 15) is 0 Å². The van der Waals surface area contributed by atoms with Gasteiger partial charge in [0, 0.05) is 18.6 Å². The number of hydrogen-bond acceptors (Lipinski definition) is 2. The molecule has 1 radical (unpaired) electrons. The van der Waals surface area contributed by atoms with E-state index in [4.69, 9.17) is 0 Å². The number of aromatic nitrogens is 4. The van der Waals surface area contributed by atoms with Crippen molar-refractivity contribution in [3.63, 3.8) is 0 Å². The second-order valence-corrected chi connectivity index (χ2v) is 1.46.